The molecule has 0 bridgehead atoms. The Morgan fingerprint density at radius 1 is 0.412 bits per heavy atom. The molecular formula is C83H89B4N9O+4. The molecule has 0 N–H and O–H groups in total. The predicted octanol–water partition coefficient (Wildman–Crippen LogP) is 9.77. The van der Waals surface area contributed by atoms with Gasteiger partial charge in [0.15, 0.2) is 0 Å². The molecular weight excluding hydrogens is 1180 g/mol. The van der Waals surface area contributed by atoms with E-state index in [0.717, 1.165) is 38.7 Å². The van der Waals surface area contributed by atoms with E-state index in [9.17, 15) is 0 Å². The van der Waals surface area contributed by atoms with Gasteiger partial charge in [0.25, 0.3) is 23.3 Å². The van der Waals surface area contributed by atoms with Gasteiger partial charge in [-0.05, 0) is 204 Å². The summed E-state index contributed by atoms with van der Waals surface area (Å²) in [6, 6.07) is 62.8. The summed E-state index contributed by atoms with van der Waals surface area (Å²) in [4.78, 5) is 13.9. The van der Waals surface area contributed by atoms with Gasteiger partial charge in [0.2, 0.25) is 5.71 Å². The second kappa shape index (κ2) is 26.4. The number of benzene rings is 6. The minimum atomic E-state index is -2.13. The maximum absolute atomic E-state index is 7.74. The summed E-state index contributed by atoms with van der Waals surface area (Å²) in [7, 11) is 8.36. The smallest absolute Gasteiger partial charge is 0.405 e. The van der Waals surface area contributed by atoms with Crippen LogP contribution in [0.3, 0.4) is 0 Å². The Morgan fingerprint density at radius 2 is 0.897 bits per heavy atom. The van der Waals surface area contributed by atoms with E-state index < -0.39 is 6.85 Å². The van der Waals surface area contributed by atoms with Crippen molar-refractivity contribution >= 4 is 142 Å². The summed E-state index contributed by atoms with van der Waals surface area (Å²) in [5.41, 5.74) is 16.7. The molecule has 97 heavy (non-hydrogen) atoms. The van der Waals surface area contributed by atoms with Crippen molar-refractivity contribution < 1.29 is 26.8 Å². The average molecular weight is 1270 g/mol. The van der Waals surface area contributed by atoms with Crippen molar-refractivity contribution in [2.75, 3.05) is 19.2 Å². The molecule has 6 aromatic heterocycles. The Kier molecular flexibility index (Phi) is 16.8. The molecule has 480 valence electrons. The minimum Gasteiger partial charge on any atom is -0.439 e. The SMILES string of the molecule is CB1C(C)=c2ccccc2=CN1c1cc(C)c2c(C)cccc2[n+]1C.CB1C(C)=c2ccccc2=CN1c1ccc2c(C)cccc2[n+]1C.CB1C(C)=c2ccccc2=CN1c1ccc2ccccc2[n+]1C.[2H]C([2H])([2H])c1c[n+](C)c(N2C=c3c(oc4nc(C)cc(C)c34)=CB2C)cc1C. The number of aryl methyl sites for hydroxylation is 11. The molecule has 10 nitrogen and oxygen atoms in total. The Bertz CT molecular complexity index is 5880. The highest BCUT2D eigenvalue weighted by Crippen LogP contribution is 2.28. The molecule has 10 heterocycles. The van der Waals surface area contributed by atoms with E-state index >= 15 is 0 Å². The molecule has 0 radical (unpaired) electrons. The van der Waals surface area contributed by atoms with Gasteiger partial charge in [-0.3, -0.25) is 19.2 Å². The molecule has 0 saturated carbocycles. The quantitative estimate of drug-likeness (QED) is 0.129. The van der Waals surface area contributed by atoms with Gasteiger partial charge in [-0.1, -0.05) is 115 Å². The van der Waals surface area contributed by atoms with E-state index in [1.54, 1.807) is 6.20 Å². The first-order valence-electron chi connectivity index (χ1n) is 35.5. The number of pyridine rings is 5. The van der Waals surface area contributed by atoms with Gasteiger partial charge in [-0.2, -0.15) is 0 Å². The van der Waals surface area contributed by atoms with Gasteiger partial charge >= 0.3 is 27.4 Å². The largest absolute Gasteiger partial charge is 0.439 e. The number of hydrogen-bond acceptors (Lipinski definition) is 6. The molecule has 0 spiro atoms. The van der Waals surface area contributed by atoms with Crippen molar-refractivity contribution in [2.45, 2.75) is 96.5 Å². The van der Waals surface area contributed by atoms with Crippen LogP contribution in [0.1, 0.15) is 64.0 Å². The molecule has 0 aliphatic carbocycles. The first kappa shape index (κ1) is 61.7. The lowest BCUT2D eigenvalue weighted by molar-refractivity contribution is -0.658. The summed E-state index contributed by atoms with van der Waals surface area (Å²) in [5.74, 6) is 6.67. The van der Waals surface area contributed by atoms with Gasteiger partial charge in [-0.25, -0.2) is 23.3 Å². The van der Waals surface area contributed by atoms with Crippen LogP contribution in [0, 0.1) is 48.4 Å². The van der Waals surface area contributed by atoms with Crippen molar-refractivity contribution in [3.05, 3.63) is 263 Å². The lowest BCUT2D eigenvalue weighted by atomic mass is 9.55. The molecule has 16 rings (SSSR count). The number of furan rings is 1. The number of nitrogens with zero attached hydrogens (tertiary/aromatic N) is 9. The monoisotopic (exact) mass is 1270 g/mol. The van der Waals surface area contributed by atoms with Crippen molar-refractivity contribution in [3.63, 3.8) is 0 Å². The Balaban J connectivity index is 0.000000120. The molecule has 0 amide bonds. The first-order valence-corrected chi connectivity index (χ1v) is 34.0. The van der Waals surface area contributed by atoms with E-state index in [1.807, 2.05) is 31.5 Å². The number of fused-ring (bicyclic) bond motifs is 9. The lowest BCUT2D eigenvalue weighted by Crippen LogP contribution is -2.50. The molecule has 0 atom stereocenters. The minimum absolute atomic E-state index is 0.0543. The van der Waals surface area contributed by atoms with Crippen molar-refractivity contribution in [1.29, 1.82) is 0 Å². The molecule has 14 heteroatoms. The third-order valence-electron chi connectivity index (χ3n) is 20.9. The van der Waals surface area contributed by atoms with Gasteiger partial charge in [0.1, 0.15) is 22.0 Å². The summed E-state index contributed by atoms with van der Waals surface area (Å²) in [6.07, 6.45) is 10.6. The maximum atomic E-state index is 7.74. The van der Waals surface area contributed by atoms with E-state index in [0.29, 0.717) is 31.8 Å². The number of aromatic nitrogens is 5. The molecule has 4 aliphatic rings. The van der Waals surface area contributed by atoms with Gasteiger partial charge in [0.05, 0.1) is 69.8 Å². The zero-order valence-corrected chi connectivity index (χ0v) is 59.4. The summed E-state index contributed by atoms with van der Waals surface area (Å²) in [5, 5.41) is 13.9. The maximum Gasteiger partial charge on any atom is 0.405 e. The number of hydrogen-bond donors (Lipinski definition) is 0. The van der Waals surface area contributed by atoms with Crippen LogP contribution in [0.4, 0.5) is 23.3 Å². The molecule has 4 aliphatic heterocycles. The van der Waals surface area contributed by atoms with Crippen LogP contribution in [-0.4, -0.2) is 32.4 Å². The van der Waals surface area contributed by atoms with Crippen molar-refractivity contribution in [1.82, 2.24) is 4.98 Å². The van der Waals surface area contributed by atoms with Crippen LogP contribution in [-0.2, 0) is 28.2 Å². The predicted molar refractivity (Wildman–Crippen MR) is 412 cm³/mol. The highest BCUT2D eigenvalue weighted by Gasteiger charge is 2.36. The highest BCUT2D eigenvalue weighted by molar-refractivity contribution is 6.81. The third-order valence-corrected chi connectivity index (χ3v) is 20.9. The second-order valence-corrected chi connectivity index (χ2v) is 27.2. The van der Waals surface area contributed by atoms with Crippen LogP contribution in [0.5, 0.6) is 0 Å². The van der Waals surface area contributed by atoms with Gasteiger partial charge < -0.3 is 4.42 Å². The molecule has 0 fully saturated rings. The number of para-hydroxylation sites is 1. The summed E-state index contributed by atoms with van der Waals surface area (Å²) < 4.78 is 38.0. The third kappa shape index (κ3) is 12.0. The Labute approximate surface area is 577 Å². The van der Waals surface area contributed by atoms with E-state index in [4.69, 9.17) is 8.53 Å². The highest BCUT2D eigenvalue weighted by atomic mass is 16.3. The van der Waals surface area contributed by atoms with Crippen molar-refractivity contribution in [2.24, 2.45) is 28.2 Å². The Hall–Kier alpha value is -10.2. The van der Waals surface area contributed by atoms with Crippen molar-refractivity contribution in [3.8, 4) is 0 Å². The second-order valence-electron chi connectivity index (χ2n) is 27.2. The van der Waals surface area contributed by atoms with Crippen LogP contribution in [0.2, 0.25) is 27.3 Å². The topological polar surface area (TPSA) is 54.5 Å². The average Bonchev–Trinajstić information content (AvgIpc) is 1.33. The molecule has 6 aromatic carbocycles. The molecule has 0 unspecified atom stereocenters. The normalized spacial score (nSPS) is 14.4. The Morgan fingerprint density at radius 3 is 1.49 bits per heavy atom. The zero-order chi connectivity index (χ0) is 70.9. The van der Waals surface area contributed by atoms with E-state index in [1.165, 1.54) is 115 Å². The van der Waals surface area contributed by atoms with E-state index in [-0.39, 0.29) is 6.85 Å². The van der Waals surface area contributed by atoms with Gasteiger partial charge in [-0.15, -0.1) is 0 Å². The van der Waals surface area contributed by atoms with Crippen LogP contribution in [0.15, 0.2) is 187 Å². The van der Waals surface area contributed by atoms with Crippen LogP contribution >= 0.6 is 0 Å². The fourth-order valence-electron chi connectivity index (χ4n) is 14.9. The lowest BCUT2D eigenvalue weighted by Gasteiger charge is -2.24. The first-order chi connectivity index (χ1) is 47.8. The summed E-state index contributed by atoms with van der Waals surface area (Å²) in [6.45, 7) is 27.1. The summed E-state index contributed by atoms with van der Waals surface area (Å²) >= 11 is 0. The number of rotatable bonds is 4. The van der Waals surface area contributed by atoms with E-state index in [2.05, 4.69) is 335 Å². The standard InChI is InChI=1S/C22H24BN2.C21H22BN2.C20H23BN3O.C20H20BN2/c1-15-9-8-12-20-22(15)16(2)13-21(24(20)5)25-14-18-10-6-7-11-19(18)17(3)23(25)4;1-15-8-7-11-20-18(15)12-13-21(23(20)4)24-14-17-9-5-6-10-19(17)16(2)22(24)3;1-12-8-18(23(6)10-14(12)3)24-11-16-17(9-21(24)5)25-20-19(16)13(2)7-15(4)22-20;1-15-18-10-6-4-9-17(18)14-23(21(15)2)20-13-12-16-8-5-7-11-19(16)22(20)3/h6-14H,1-5H3;5-14H,1-4H3;7-11H,1-6H3;4-14H,1-3H3/q4*+1/i;;3D3;. The van der Waals surface area contributed by atoms with Gasteiger partial charge in [0, 0.05) is 65.9 Å². The molecule has 12 aromatic rings. The van der Waals surface area contributed by atoms with Crippen LogP contribution in [0.25, 0.3) is 91.0 Å². The zero-order valence-electron chi connectivity index (χ0n) is 62.4. The number of anilines is 4. The van der Waals surface area contributed by atoms with Crippen LogP contribution < -0.4 is 79.5 Å². The fraction of sp³-hybridized carbons (Fsp3) is 0.217. The molecule has 0 saturated heterocycles. The fourth-order valence-corrected chi connectivity index (χ4v) is 14.9.